The smallest absolute Gasteiger partial charge is 0.306 e. The van der Waals surface area contributed by atoms with Crippen LogP contribution in [0.15, 0.2) is 35.9 Å². The van der Waals surface area contributed by atoms with Gasteiger partial charge < -0.3 is 53.2 Å². The molecule has 0 spiro atoms. The Morgan fingerprint density at radius 1 is 0.885 bits per heavy atom. The van der Waals surface area contributed by atoms with E-state index < -0.39 is 54.9 Å². The van der Waals surface area contributed by atoms with Crippen molar-refractivity contribution in [3.8, 4) is 0 Å². The number of allylic oxidation sites excluding steroid dienone is 2. The Labute approximate surface area is 367 Å². The summed E-state index contributed by atoms with van der Waals surface area (Å²) in [7, 11) is 9.03. The fourth-order valence-electron chi connectivity index (χ4n) is 12.0. The van der Waals surface area contributed by atoms with E-state index in [-0.39, 0.29) is 72.4 Å². The summed E-state index contributed by atoms with van der Waals surface area (Å²) in [5.74, 6) is -2.07. The van der Waals surface area contributed by atoms with Crippen LogP contribution in [0.5, 0.6) is 0 Å². The highest BCUT2D eigenvalue weighted by molar-refractivity contribution is 6.33. The minimum Gasteiger partial charge on any atom is -0.462 e. The molecule has 19 atom stereocenters. The van der Waals surface area contributed by atoms with Crippen LogP contribution in [0.1, 0.15) is 85.5 Å². The van der Waals surface area contributed by atoms with Crippen molar-refractivity contribution in [2.75, 3.05) is 40.7 Å². The zero-order valence-corrected chi connectivity index (χ0v) is 38.3. The number of methoxy groups -OCH3 is 3. The van der Waals surface area contributed by atoms with E-state index in [0.717, 1.165) is 19.3 Å². The molecule has 0 radical (unpaired) electrons. The SMILES string of the molecule is CC[C@H]1CCC[C@H](O[C@H]2CC[C@H](N(C)C)C(C)O2)[C@@H](C)C(=O)C2=C[C@H]3[C@@H]4C[C@H](O[C@@H]5OC(C)[C@H](OC)C(OC)[C@@H]5OC)C[C@H]4[C@@H](O)[C@H](Nc4ccccc4Cl)[C@H]3[C@@H]2CC(=O)O1. The summed E-state index contributed by atoms with van der Waals surface area (Å²) >= 11 is 6.77. The molecule has 61 heavy (non-hydrogen) atoms. The van der Waals surface area contributed by atoms with Crippen LogP contribution < -0.4 is 5.32 Å². The second kappa shape index (κ2) is 20.3. The number of para-hydroxylation sites is 1. The van der Waals surface area contributed by atoms with Crippen LogP contribution in [-0.4, -0.2) is 137 Å². The van der Waals surface area contributed by atoms with Crippen molar-refractivity contribution in [1.82, 2.24) is 4.90 Å². The molecule has 3 saturated heterocycles. The van der Waals surface area contributed by atoms with Crippen LogP contribution >= 0.6 is 11.6 Å². The van der Waals surface area contributed by atoms with Gasteiger partial charge in [0.15, 0.2) is 18.4 Å². The zero-order chi connectivity index (χ0) is 43.7. The Morgan fingerprint density at radius 3 is 2.28 bits per heavy atom. The van der Waals surface area contributed by atoms with Crippen LogP contribution in [0.2, 0.25) is 5.02 Å². The number of carbonyl (C=O) groups is 2. The molecular formula is C47H71ClN2O11. The fourth-order valence-corrected chi connectivity index (χ4v) is 12.2. The van der Waals surface area contributed by atoms with Gasteiger partial charge in [0.1, 0.15) is 24.4 Å². The molecule has 3 aliphatic heterocycles. The monoisotopic (exact) mass is 874 g/mol. The summed E-state index contributed by atoms with van der Waals surface area (Å²) in [4.78, 5) is 31.4. The standard InChI is InChI=1S/C47H71ClN2O11/c1-10-27-14-13-17-37(61-39-19-18-36(50(5)6)25(3)57-39)24(2)42(52)33-22-30-29-20-28(60-47-46(56-9)45(55-8)44(54-7)26(4)58-47)21-32(29)43(53)41(40(30)31(33)23-38(51)59-27)49-35-16-12-11-15-34(35)48/h11-12,15-16,22,24-32,36-37,39-41,43-47,49,53H,10,13-14,17-21,23H2,1-9H3/t24-,25?,26?,27+,28+,29+,30+,31-,32-,36+,37+,39+,40-,41-,43-,44+,45?,46+,47+/m1/s1. The van der Waals surface area contributed by atoms with Crippen molar-refractivity contribution in [2.24, 2.45) is 35.5 Å². The van der Waals surface area contributed by atoms with Gasteiger partial charge in [-0.15, -0.1) is 0 Å². The Hall–Kier alpha value is -2.17. The number of aliphatic hydroxyl groups is 1. The molecule has 7 rings (SSSR count). The molecule has 5 fully saturated rings. The number of hydrogen-bond acceptors (Lipinski definition) is 13. The van der Waals surface area contributed by atoms with Crippen LogP contribution in [0.4, 0.5) is 5.69 Å². The van der Waals surface area contributed by atoms with Crippen molar-refractivity contribution in [3.63, 3.8) is 0 Å². The number of Topliss-reactive ketones (excluding diaryl/α,β-unsaturated/α-hetero) is 1. The predicted molar refractivity (Wildman–Crippen MR) is 230 cm³/mol. The summed E-state index contributed by atoms with van der Waals surface area (Å²) in [5.41, 5.74) is 1.30. The number of rotatable bonds is 11. The first-order valence-corrected chi connectivity index (χ1v) is 23.2. The number of halogens is 1. The Balaban J connectivity index is 1.21. The summed E-state index contributed by atoms with van der Waals surface area (Å²) in [6, 6.07) is 7.24. The van der Waals surface area contributed by atoms with Gasteiger partial charge in [-0.1, -0.05) is 43.7 Å². The third-order valence-corrected chi connectivity index (χ3v) is 15.4. The van der Waals surface area contributed by atoms with Crippen LogP contribution in [-0.2, 0) is 47.5 Å². The third kappa shape index (κ3) is 9.77. The maximum absolute atomic E-state index is 15.2. The number of aliphatic hydroxyl groups excluding tert-OH is 1. The molecule has 2 N–H and O–H groups in total. The first-order valence-electron chi connectivity index (χ1n) is 22.8. The Kier molecular flexibility index (Phi) is 15.6. The van der Waals surface area contributed by atoms with E-state index in [0.29, 0.717) is 54.4 Å². The van der Waals surface area contributed by atoms with Crippen molar-refractivity contribution in [3.05, 3.63) is 40.9 Å². The van der Waals surface area contributed by atoms with Crippen molar-refractivity contribution in [2.45, 2.75) is 165 Å². The molecule has 0 bridgehead atoms. The molecule has 342 valence electrons. The van der Waals surface area contributed by atoms with Crippen LogP contribution in [0.25, 0.3) is 0 Å². The number of hydrogen-bond donors (Lipinski definition) is 2. The predicted octanol–water partition coefficient (Wildman–Crippen LogP) is 6.43. The van der Waals surface area contributed by atoms with Gasteiger partial charge in [0, 0.05) is 39.2 Å². The molecule has 14 heteroatoms. The molecule has 3 unspecified atom stereocenters. The molecular weight excluding hydrogens is 804 g/mol. The Bertz CT molecular complexity index is 1680. The van der Waals surface area contributed by atoms with Gasteiger partial charge in [-0.2, -0.15) is 0 Å². The topological polar surface area (TPSA) is 143 Å². The molecule has 1 aromatic carbocycles. The highest BCUT2D eigenvalue weighted by Gasteiger charge is 2.60. The summed E-state index contributed by atoms with van der Waals surface area (Å²) in [5, 5.41) is 16.8. The first-order chi connectivity index (χ1) is 29.3. The summed E-state index contributed by atoms with van der Waals surface area (Å²) in [6.45, 7) is 8.04. The number of likely N-dealkylation sites (N-methyl/N-ethyl adjacent to an activating group) is 1. The highest BCUT2D eigenvalue weighted by Crippen LogP contribution is 2.58. The lowest BCUT2D eigenvalue weighted by molar-refractivity contribution is -0.314. The van der Waals surface area contributed by atoms with Gasteiger partial charge in [0.2, 0.25) is 0 Å². The number of benzene rings is 1. The normalized spacial score (nSPS) is 43.3. The quantitative estimate of drug-likeness (QED) is 0.236. The molecule has 3 heterocycles. The lowest BCUT2D eigenvalue weighted by Crippen LogP contribution is -2.59. The van der Waals surface area contributed by atoms with E-state index in [2.05, 4.69) is 37.3 Å². The third-order valence-electron chi connectivity index (χ3n) is 15.1. The molecule has 3 aliphatic carbocycles. The van der Waals surface area contributed by atoms with E-state index >= 15 is 4.79 Å². The average molecular weight is 876 g/mol. The molecule has 0 amide bonds. The van der Waals surface area contributed by atoms with Gasteiger partial charge >= 0.3 is 5.97 Å². The lowest BCUT2D eigenvalue weighted by Gasteiger charge is -2.48. The summed E-state index contributed by atoms with van der Waals surface area (Å²) in [6.07, 6.45) is 3.21. The number of nitrogens with one attached hydrogen (secondary N) is 1. The second-order valence-electron chi connectivity index (χ2n) is 18.8. The minimum atomic E-state index is -0.848. The summed E-state index contributed by atoms with van der Waals surface area (Å²) < 4.78 is 50.1. The number of cyclic esters (lactones) is 1. The van der Waals surface area contributed by atoms with Crippen molar-refractivity contribution < 1.29 is 52.6 Å². The number of fused-ring (bicyclic) bond motifs is 5. The second-order valence-corrected chi connectivity index (χ2v) is 19.2. The van der Waals surface area contributed by atoms with E-state index in [1.807, 2.05) is 45.0 Å². The van der Waals surface area contributed by atoms with Gasteiger partial charge in [-0.3, -0.25) is 9.59 Å². The Morgan fingerprint density at radius 2 is 1.61 bits per heavy atom. The molecule has 13 nitrogen and oxygen atoms in total. The van der Waals surface area contributed by atoms with Crippen LogP contribution in [0, 0.1) is 35.5 Å². The molecule has 2 saturated carbocycles. The maximum atomic E-state index is 15.2. The number of esters is 1. The average Bonchev–Trinajstić information content (AvgIpc) is 3.82. The lowest BCUT2D eigenvalue weighted by atomic mass is 9.62. The van der Waals surface area contributed by atoms with Gasteiger partial charge in [0.05, 0.1) is 53.7 Å². The van der Waals surface area contributed by atoms with E-state index in [1.54, 1.807) is 21.3 Å². The highest BCUT2D eigenvalue weighted by atomic mass is 35.5. The van der Waals surface area contributed by atoms with Crippen molar-refractivity contribution >= 4 is 29.0 Å². The van der Waals surface area contributed by atoms with Crippen LogP contribution in [0.3, 0.4) is 0 Å². The number of ketones is 1. The van der Waals surface area contributed by atoms with Gasteiger partial charge in [-0.25, -0.2) is 0 Å². The van der Waals surface area contributed by atoms with Gasteiger partial charge in [-0.05, 0) is 121 Å². The molecule has 1 aromatic rings. The number of nitrogens with zero attached hydrogens (tertiary/aromatic N) is 1. The number of carbonyl (C=O) groups excluding carboxylic acids is 2. The number of anilines is 1. The number of ether oxygens (including phenoxy) is 8. The van der Waals surface area contributed by atoms with E-state index in [1.165, 1.54) is 0 Å². The minimum absolute atomic E-state index is 0.0155. The van der Waals surface area contributed by atoms with Crippen molar-refractivity contribution in [1.29, 1.82) is 0 Å². The fraction of sp³-hybridized carbons (Fsp3) is 0.787. The first kappa shape index (κ1) is 46.8. The molecule has 6 aliphatic rings. The largest absolute Gasteiger partial charge is 0.462 e. The van der Waals surface area contributed by atoms with E-state index in [4.69, 9.17) is 49.5 Å². The maximum Gasteiger partial charge on any atom is 0.306 e. The molecule has 0 aromatic heterocycles. The van der Waals surface area contributed by atoms with E-state index in [9.17, 15) is 9.90 Å². The van der Waals surface area contributed by atoms with Gasteiger partial charge in [0.25, 0.3) is 0 Å². The zero-order valence-electron chi connectivity index (χ0n) is 37.6.